The van der Waals surface area contributed by atoms with Gasteiger partial charge in [0, 0.05) is 0 Å². The Morgan fingerprint density at radius 3 is 0.500 bits per heavy atom. The van der Waals surface area contributed by atoms with Crippen LogP contribution in [0.25, 0.3) is 0 Å². The zero-order valence-corrected chi connectivity index (χ0v) is 31.7. The van der Waals surface area contributed by atoms with E-state index in [0.29, 0.717) is 0 Å². The van der Waals surface area contributed by atoms with E-state index >= 15 is 0 Å². The van der Waals surface area contributed by atoms with Gasteiger partial charge in [0.15, 0.2) is 0 Å². The Balaban J connectivity index is 4.78. The van der Waals surface area contributed by atoms with Gasteiger partial charge in [-0.2, -0.15) is 0 Å². The first-order valence-electron chi connectivity index (χ1n) is 20.7. The Morgan fingerprint density at radius 1 is 0.190 bits per heavy atom. The Hall–Kier alpha value is 0.430. The van der Waals surface area contributed by atoms with Crippen molar-refractivity contribution < 1.29 is 0 Å². The molecule has 0 bridgehead atoms. The van der Waals surface area contributed by atoms with Crippen molar-refractivity contribution in [3.63, 3.8) is 0 Å². The molecule has 256 valence electrons. The van der Waals surface area contributed by atoms with Gasteiger partial charge in [-0.05, 0) is 0 Å². The zero-order valence-electron chi connectivity index (χ0n) is 30.7. The first-order valence-corrected chi connectivity index (χ1v) is 23.6. The molecule has 0 aromatic heterocycles. The number of rotatable bonds is 37. The second kappa shape index (κ2) is 35.9. The van der Waals surface area contributed by atoms with E-state index < -0.39 is 7.26 Å². The first kappa shape index (κ1) is 42.4. The monoisotopic (exact) mass is 611 g/mol. The second-order valence-electron chi connectivity index (χ2n) is 14.8. The van der Waals surface area contributed by atoms with Crippen LogP contribution in [0, 0.1) is 0 Å². The molecular formula is C41H87P. The van der Waals surface area contributed by atoms with E-state index in [0.717, 1.165) is 0 Å². The van der Waals surface area contributed by atoms with Crippen molar-refractivity contribution in [1.29, 1.82) is 0 Å². The standard InChI is InChI=1S/C41H87P/c1-5-9-13-17-21-24-27-31-35-39-42(38-34-30-20-16-12-8-4,40-36-32-28-25-22-18-14-10-6-2)41-37-33-29-26-23-19-15-11-7-3/h42H,5-41H2,1-4H3. The SMILES string of the molecule is CCCCCCCCCCC[PH](CCCCCCCC)(CCCCCCCCCCC)CCCCCCCCCCC. The van der Waals surface area contributed by atoms with Crippen molar-refractivity contribution in [2.24, 2.45) is 0 Å². The minimum atomic E-state index is -1.12. The summed E-state index contributed by atoms with van der Waals surface area (Å²) in [5.74, 6) is 0. The molecule has 0 atom stereocenters. The van der Waals surface area contributed by atoms with Gasteiger partial charge in [0.1, 0.15) is 0 Å². The maximum atomic E-state index is 2.36. The van der Waals surface area contributed by atoms with Crippen LogP contribution in [0.3, 0.4) is 0 Å². The molecule has 42 heavy (non-hydrogen) atoms. The molecular weight excluding hydrogens is 523 g/mol. The van der Waals surface area contributed by atoms with Gasteiger partial charge in [0.25, 0.3) is 0 Å². The summed E-state index contributed by atoms with van der Waals surface area (Å²) in [6.45, 7) is 9.37. The van der Waals surface area contributed by atoms with Crippen LogP contribution in [0.15, 0.2) is 0 Å². The molecule has 0 rings (SSSR count). The Kier molecular flexibility index (Phi) is 36.3. The van der Waals surface area contributed by atoms with Gasteiger partial charge in [-0.25, -0.2) is 0 Å². The molecule has 0 saturated heterocycles. The van der Waals surface area contributed by atoms with Gasteiger partial charge >= 0.3 is 271 Å². The third kappa shape index (κ3) is 30.5. The number of hydrogen-bond donors (Lipinski definition) is 0. The van der Waals surface area contributed by atoms with Crippen molar-refractivity contribution in [1.82, 2.24) is 0 Å². The van der Waals surface area contributed by atoms with Crippen LogP contribution < -0.4 is 0 Å². The van der Waals surface area contributed by atoms with Gasteiger partial charge in [-0.1, -0.05) is 0 Å². The van der Waals surface area contributed by atoms with Crippen LogP contribution in [0.5, 0.6) is 0 Å². The maximum absolute atomic E-state index is 2.36. The van der Waals surface area contributed by atoms with Crippen molar-refractivity contribution in [3.8, 4) is 0 Å². The van der Waals surface area contributed by atoms with Gasteiger partial charge in [-0.3, -0.25) is 0 Å². The molecule has 0 saturated carbocycles. The van der Waals surface area contributed by atoms with Crippen LogP contribution in [-0.4, -0.2) is 24.6 Å². The first-order chi connectivity index (χ1) is 20.7. The third-order valence-electron chi connectivity index (χ3n) is 10.5. The summed E-state index contributed by atoms with van der Waals surface area (Å²) < 4.78 is 0. The Bertz CT molecular complexity index is 416. The second-order valence-corrected chi connectivity index (χ2v) is 19.8. The van der Waals surface area contributed by atoms with E-state index in [4.69, 9.17) is 0 Å². The molecule has 0 aliphatic rings. The van der Waals surface area contributed by atoms with Crippen molar-refractivity contribution in [3.05, 3.63) is 0 Å². The van der Waals surface area contributed by atoms with E-state index in [2.05, 4.69) is 27.7 Å². The van der Waals surface area contributed by atoms with Crippen LogP contribution in [0.1, 0.15) is 240 Å². The van der Waals surface area contributed by atoms with E-state index in [1.165, 1.54) is 186 Å². The van der Waals surface area contributed by atoms with Gasteiger partial charge in [0.2, 0.25) is 0 Å². The Labute approximate surface area is 270 Å². The zero-order chi connectivity index (χ0) is 30.7. The summed E-state index contributed by atoms with van der Waals surface area (Å²) in [6, 6.07) is 0. The quantitative estimate of drug-likeness (QED) is 0.0485. The Morgan fingerprint density at radius 2 is 0.333 bits per heavy atom. The molecule has 0 fully saturated rings. The van der Waals surface area contributed by atoms with Crippen LogP contribution in [0.4, 0.5) is 0 Å². The van der Waals surface area contributed by atoms with Crippen LogP contribution in [0.2, 0.25) is 0 Å². The van der Waals surface area contributed by atoms with E-state index in [-0.39, 0.29) is 0 Å². The summed E-state index contributed by atoms with van der Waals surface area (Å²) >= 11 is 0. The predicted molar refractivity (Wildman–Crippen MR) is 203 cm³/mol. The summed E-state index contributed by atoms with van der Waals surface area (Å²) in [6.07, 6.45) is 55.9. The average molecular weight is 611 g/mol. The van der Waals surface area contributed by atoms with Gasteiger partial charge in [0.05, 0.1) is 0 Å². The fourth-order valence-electron chi connectivity index (χ4n) is 7.46. The molecule has 0 unspecified atom stereocenters. The summed E-state index contributed by atoms with van der Waals surface area (Å²) in [4.78, 5) is 0. The van der Waals surface area contributed by atoms with Crippen LogP contribution in [-0.2, 0) is 0 Å². The number of unbranched alkanes of at least 4 members (excludes halogenated alkanes) is 29. The molecule has 0 nitrogen and oxygen atoms in total. The molecule has 0 heterocycles. The third-order valence-corrected chi connectivity index (χ3v) is 16.1. The molecule has 1 heteroatoms. The molecule has 0 aromatic carbocycles. The molecule has 0 radical (unpaired) electrons. The fourth-order valence-corrected chi connectivity index (χ4v) is 13.0. The van der Waals surface area contributed by atoms with E-state index in [9.17, 15) is 0 Å². The van der Waals surface area contributed by atoms with Gasteiger partial charge in [-0.15, -0.1) is 0 Å². The molecule has 0 aromatic rings. The van der Waals surface area contributed by atoms with E-state index in [1.807, 2.05) is 0 Å². The minimum absolute atomic E-state index is 1.12. The topological polar surface area (TPSA) is 0 Å². The summed E-state index contributed by atoms with van der Waals surface area (Å²) in [5.41, 5.74) is 0. The fraction of sp³-hybridized carbons (Fsp3) is 1.00. The summed E-state index contributed by atoms with van der Waals surface area (Å²) in [5, 5.41) is 0. The average Bonchev–Trinajstić information content (AvgIpc) is 3.00. The van der Waals surface area contributed by atoms with Crippen molar-refractivity contribution in [2.75, 3.05) is 24.6 Å². The molecule has 0 spiro atoms. The van der Waals surface area contributed by atoms with Crippen molar-refractivity contribution >= 4 is 7.26 Å². The molecule has 0 aliphatic heterocycles. The predicted octanol–water partition coefficient (Wildman–Crippen LogP) is 15.7. The van der Waals surface area contributed by atoms with E-state index in [1.54, 1.807) is 50.3 Å². The molecule has 0 N–H and O–H groups in total. The summed E-state index contributed by atoms with van der Waals surface area (Å²) in [7, 11) is -1.12. The number of hydrogen-bond acceptors (Lipinski definition) is 0. The van der Waals surface area contributed by atoms with Crippen molar-refractivity contribution in [2.45, 2.75) is 240 Å². The van der Waals surface area contributed by atoms with Crippen LogP contribution >= 0.6 is 7.26 Å². The molecule has 0 amide bonds. The molecule has 0 aliphatic carbocycles. The van der Waals surface area contributed by atoms with Gasteiger partial charge < -0.3 is 0 Å². The normalized spacial score (nSPS) is 12.4.